The molecule has 3 rings (SSSR count). The zero-order valence-electron chi connectivity index (χ0n) is 17.1. The van der Waals surface area contributed by atoms with Gasteiger partial charge in [-0.3, -0.25) is 4.79 Å². The maximum atomic E-state index is 12.2. The first-order chi connectivity index (χ1) is 15.1. The smallest absolute Gasteiger partial charge is 0.349 e. The van der Waals surface area contributed by atoms with Crippen LogP contribution in [-0.2, 0) is 9.53 Å². The summed E-state index contributed by atoms with van der Waals surface area (Å²) in [7, 11) is 0. The van der Waals surface area contributed by atoms with Crippen LogP contribution in [0.15, 0.2) is 63.8 Å². The molecule has 31 heavy (non-hydrogen) atoms. The standard InChI is InChI=1S/C23H23NO7/c1-2-28-19-10-5-6-11-20(19)30-15-21(25)29-13-7-12-24-22(26)17-14-16-8-3-4-9-18(16)31-23(17)27/h3-6,8-11,14H,2,7,12-13,15H2,1H3,(H,24,26). The van der Waals surface area contributed by atoms with Gasteiger partial charge in [-0.2, -0.15) is 0 Å². The SMILES string of the molecule is CCOc1ccccc1OCC(=O)OCCCNC(=O)c1cc2ccccc2oc1=O. The van der Waals surface area contributed by atoms with Gasteiger partial charge in [0.15, 0.2) is 18.1 Å². The highest BCUT2D eigenvalue weighted by molar-refractivity contribution is 5.96. The third kappa shape index (κ3) is 6.08. The molecular formula is C23H23NO7. The molecule has 2 aromatic carbocycles. The molecule has 0 aliphatic rings. The van der Waals surface area contributed by atoms with Crippen molar-refractivity contribution >= 4 is 22.8 Å². The van der Waals surface area contributed by atoms with Crippen LogP contribution in [0.4, 0.5) is 0 Å². The number of nitrogens with one attached hydrogen (secondary N) is 1. The van der Waals surface area contributed by atoms with Crippen LogP contribution in [0.5, 0.6) is 11.5 Å². The van der Waals surface area contributed by atoms with E-state index in [1.807, 2.05) is 13.0 Å². The highest BCUT2D eigenvalue weighted by Crippen LogP contribution is 2.26. The lowest BCUT2D eigenvalue weighted by Crippen LogP contribution is -2.29. The van der Waals surface area contributed by atoms with Crippen LogP contribution < -0.4 is 20.4 Å². The third-order valence-electron chi connectivity index (χ3n) is 4.25. The van der Waals surface area contributed by atoms with Crippen molar-refractivity contribution in [2.45, 2.75) is 13.3 Å². The summed E-state index contributed by atoms with van der Waals surface area (Å²) in [5, 5.41) is 3.28. The van der Waals surface area contributed by atoms with Crippen LogP contribution in [0.2, 0.25) is 0 Å². The van der Waals surface area contributed by atoms with E-state index in [1.54, 1.807) is 42.5 Å². The number of fused-ring (bicyclic) bond motifs is 1. The van der Waals surface area contributed by atoms with Gasteiger partial charge in [0.2, 0.25) is 0 Å². The number of para-hydroxylation sites is 3. The first kappa shape index (κ1) is 21.9. The molecule has 0 spiro atoms. The summed E-state index contributed by atoms with van der Waals surface area (Å²) in [6, 6.07) is 15.5. The second-order valence-electron chi connectivity index (χ2n) is 6.48. The Morgan fingerprint density at radius 3 is 2.48 bits per heavy atom. The third-order valence-corrected chi connectivity index (χ3v) is 4.25. The molecule has 1 aromatic heterocycles. The lowest BCUT2D eigenvalue weighted by atomic mass is 10.2. The van der Waals surface area contributed by atoms with Gasteiger partial charge in [-0.25, -0.2) is 9.59 Å². The molecule has 162 valence electrons. The van der Waals surface area contributed by atoms with Crippen LogP contribution >= 0.6 is 0 Å². The van der Waals surface area contributed by atoms with Crippen molar-refractivity contribution in [1.82, 2.24) is 5.32 Å². The van der Waals surface area contributed by atoms with Gasteiger partial charge in [-0.05, 0) is 37.6 Å². The molecule has 3 aromatic rings. The van der Waals surface area contributed by atoms with E-state index in [0.717, 1.165) is 0 Å². The van der Waals surface area contributed by atoms with Crippen molar-refractivity contribution < 1.29 is 28.2 Å². The lowest BCUT2D eigenvalue weighted by Gasteiger charge is -2.11. The van der Waals surface area contributed by atoms with Gasteiger partial charge >= 0.3 is 11.6 Å². The number of hydrogen-bond acceptors (Lipinski definition) is 7. The molecule has 0 aliphatic heterocycles. The van der Waals surface area contributed by atoms with Crippen molar-refractivity contribution in [3.63, 3.8) is 0 Å². The average molecular weight is 425 g/mol. The molecule has 0 bridgehead atoms. The maximum absolute atomic E-state index is 12.2. The van der Waals surface area contributed by atoms with Crippen molar-refractivity contribution in [3.05, 3.63) is 70.6 Å². The Labute approximate surface area is 178 Å². The quantitative estimate of drug-likeness (QED) is 0.303. The molecule has 1 amide bonds. The normalized spacial score (nSPS) is 10.5. The summed E-state index contributed by atoms with van der Waals surface area (Å²) in [4.78, 5) is 36.1. The molecule has 0 fully saturated rings. The number of rotatable bonds is 10. The zero-order valence-corrected chi connectivity index (χ0v) is 17.1. The minimum absolute atomic E-state index is 0.0722. The average Bonchev–Trinajstić information content (AvgIpc) is 2.78. The summed E-state index contributed by atoms with van der Waals surface area (Å²) in [6.45, 7) is 2.41. The minimum Gasteiger partial charge on any atom is -0.490 e. The number of hydrogen-bond donors (Lipinski definition) is 1. The van der Waals surface area contributed by atoms with E-state index >= 15 is 0 Å². The second-order valence-corrected chi connectivity index (χ2v) is 6.48. The predicted octanol–water partition coefficient (Wildman–Crippen LogP) is 2.93. The largest absolute Gasteiger partial charge is 0.490 e. The van der Waals surface area contributed by atoms with E-state index in [0.29, 0.717) is 35.5 Å². The molecule has 0 unspecified atom stereocenters. The minimum atomic E-state index is -0.702. The Morgan fingerprint density at radius 1 is 1.00 bits per heavy atom. The monoisotopic (exact) mass is 425 g/mol. The van der Waals surface area contributed by atoms with Crippen LogP contribution in [0.3, 0.4) is 0 Å². The fourth-order valence-electron chi connectivity index (χ4n) is 2.80. The van der Waals surface area contributed by atoms with Gasteiger partial charge in [-0.15, -0.1) is 0 Å². The number of benzene rings is 2. The maximum Gasteiger partial charge on any atom is 0.349 e. The Balaban J connectivity index is 1.39. The van der Waals surface area contributed by atoms with Crippen LogP contribution in [0.1, 0.15) is 23.7 Å². The molecule has 1 heterocycles. The van der Waals surface area contributed by atoms with Crippen molar-refractivity contribution in [1.29, 1.82) is 0 Å². The van der Waals surface area contributed by atoms with Gasteiger partial charge in [0, 0.05) is 11.9 Å². The Hall–Kier alpha value is -3.81. The molecular weight excluding hydrogens is 402 g/mol. The van der Waals surface area contributed by atoms with Gasteiger partial charge in [-0.1, -0.05) is 30.3 Å². The summed E-state index contributed by atoms with van der Waals surface area (Å²) in [6.07, 6.45) is 0.381. The first-order valence-electron chi connectivity index (χ1n) is 9.90. The van der Waals surface area contributed by atoms with Gasteiger partial charge < -0.3 is 23.9 Å². The Morgan fingerprint density at radius 2 is 1.71 bits per heavy atom. The molecule has 1 N–H and O–H groups in total. The van der Waals surface area contributed by atoms with E-state index in [9.17, 15) is 14.4 Å². The van der Waals surface area contributed by atoms with Crippen LogP contribution in [0, 0.1) is 0 Å². The number of ether oxygens (including phenoxy) is 3. The number of carbonyl (C=O) groups excluding carboxylic acids is 2. The lowest BCUT2D eigenvalue weighted by molar-refractivity contribution is -0.146. The number of amides is 1. The molecule has 0 saturated carbocycles. The highest BCUT2D eigenvalue weighted by atomic mass is 16.6. The summed E-state index contributed by atoms with van der Waals surface area (Å²) >= 11 is 0. The molecule has 8 heteroatoms. The van der Waals surface area contributed by atoms with Gasteiger partial charge in [0.25, 0.3) is 5.91 Å². The van der Waals surface area contributed by atoms with Gasteiger partial charge in [0.05, 0.1) is 13.2 Å². The summed E-state index contributed by atoms with van der Waals surface area (Å²) in [5.41, 5.74) is -0.355. The molecule has 0 aliphatic carbocycles. The fourth-order valence-corrected chi connectivity index (χ4v) is 2.80. The number of carbonyl (C=O) groups is 2. The van der Waals surface area contributed by atoms with Crippen molar-refractivity contribution in [3.8, 4) is 11.5 Å². The molecule has 0 saturated heterocycles. The second kappa shape index (κ2) is 10.8. The summed E-state index contributed by atoms with van der Waals surface area (Å²) < 4.78 is 21.1. The molecule has 8 nitrogen and oxygen atoms in total. The first-order valence-corrected chi connectivity index (χ1v) is 9.90. The van der Waals surface area contributed by atoms with E-state index < -0.39 is 17.5 Å². The molecule has 0 atom stereocenters. The fraction of sp³-hybridized carbons (Fsp3) is 0.261. The zero-order chi connectivity index (χ0) is 22.1. The van der Waals surface area contributed by atoms with E-state index in [4.69, 9.17) is 18.6 Å². The van der Waals surface area contributed by atoms with Crippen LogP contribution in [0.25, 0.3) is 11.0 Å². The molecule has 0 radical (unpaired) electrons. The van der Waals surface area contributed by atoms with Crippen LogP contribution in [-0.4, -0.2) is 38.2 Å². The Bertz CT molecular complexity index is 1110. The van der Waals surface area contributed by atoms with Crippen molar-refractivity contribution in [2.24, 2.45) is 0 Å². The predicted molar refractivity (Wildman–Crippen MR) is 113 cm³/mol. The van der Waals surface area contributed by atoms with E-state index in [-0.39, 0.29) is 25.3 Å². The Kier molecular flexibility index (Phi) is 7.64. The summed E-state index contributed by atoms with van der Waals surface area (Å²) in [5.74, 6) is -0.0593. The topological polar surface area (TPSA) is 104 Å². The van der Waals surface area contributed by atoms with Gasteiger partial charge in [0.1, 0.15) is 11.1 Å². The van der Waals surface area contributed by atoms with E-state index in [1.165, 1.54) is 6.07 Å². The van der Waals surface area contributed by atoms with Crippen molar-refractivity contribution in [2.75, 3.05) is 26.4 Å². The highest BCUT2D eigenvalue weighted by Gasteiger charge is 2.13. The van der Waals surface area contributed by atoms with E-state index in [2.05, 4.69) is 5.32 Å². The number of esters is 1.